The van der Waals surface area contributed by atoms with E-state index in [0.717, 1.165) is 24.8 Å². The van der Waals surface area contributed by atoms with Crippen LogP contribution in [-0.2, 0) is 38.4 Å². The number of benzene rings is 2. The molecule has 150 valence electrons. The van der Waals surface area contributed by atoms with Crippen LogP contribution in [-0.4, -0.2) is 29.9 Å². The quantitative estimate of drug-likeness (QED) is 0.812. The fourth-order valence-electron chi connectivity index (χ4n) is 4.06. The number of amides is 2. The standard InChI is InChI=1S/C23H24N2O4/c1-23(2)22(28)24-18-8-3-4-9-19(18)25(23)20(26)14-29-21(27)13-15-10-11-16-6-5-7-17(16)12-15/h3-4,8-12H,5-7,13-14H2,1-2H3,(H,24,28). The number of carbonyl (C=O) groups is 3. The molecule has 0 saturated carbocycles. The Bertz CT molecular complexity index is 996. The normalized spacial score (nSPS) is 16.6. The molecule has 1 aliphatic heterocycles. The Balaban J connectivity index is 1.43. The van der Waals surface area contributed by atoms with Crippen molar-refractivity contribution in [2.24, 2.45) is 0 Å². The van der Waals surface area contributed by atoms with Crippen molar-refractivity contribution in [2.45, 2.75) is 45.1 Å². The monoisotopic (exact) mass is 392 g/mol. The minimum Gasteiger partial charge on any atom is -0.455 e. The number of anilines is 2. The molecule has 1 N–H and O–H groups in total. The third-order valence-electron chi connectivity index (χ3n) is 5.63. The Morgan fingerprint density at radius 1 is 1.10 bits per heavy atom. The summed E-state index contributed by atoms with van der Waals surface area (Å²) >= 11 is 0. The Morgan fingerprint density at radius 2 is 1.86 bits per heavy atom. The number of hydrogen-bond donors (Lipinski definition) is 1. The van der Waals surface area contributed by atoms with Gasteiger partial charge in [0.15, 0.2) is 6.61 Å². The number of nitrogens with one attached hydrogen (secondary N) is 1. The Morgan fingerprint density at radius 3 is 2.69 bits per heavy atom. The summed E-state index contributed by atoms with van der Waals surface area (Å²) in [6, 6.07) is 13.2. The van der Waals surface area contributed by atoms with Crippen molar-refractivity contribution >= 4 is 29.2 Å². The van der Waals surface area contributed by atoms with Crippen molar-refractivity contribution < 1.29 is 19.1 Å². The number of esters is 1. The summed E-state index contributed by atoms with van der Waals surface area (Å²) < 4.78 is 5.26. The molecule has 0 bridgehead atoms. The van der Waals surface area contributed by atoms with Crippen LogP contribution in [0.25, 0.3) is 0 Å². The van der Waals surface area contributed by atoms with E-state index in [4.69, 9.17) is 4.74 Å². The van der Waals surface area contributed by atoms with Gasteiger partial charge in [0, 0.05) is 0 Å². The first-order valence-electron chi connectivity index (χ1n) is 9.86. The Kier molecular flexibility index (Phi) is 4.86. The largest absolute Gasteiger partial charge is 0.455 e. The molecule has 4 rings (SSSR count). The van der Waals surface area contributed by atoms with Crippen molar-refractivity contribution in [3.05, 3.63) is 59.2 Å². The lowest BCUT2D eigenvalue weighted by molar-refractivity contribution is -0.147. The summed E-state index contributed by atoms with van der Waals surface area (Å²) in [7, 11) is 0. The molecule has 6 heteroatoms. The highest BCUT2D eigenvalue weighted by Gasteiger charge is 2.43. The Labute approximate surface area is 169 Å². The molecule has 29 heavy (non-hydrogen) atoms. The van der Waals surface area contributed by atoms with Crippen molar-refractivity contribution in [1.82, 2.24) is 0 Å². The van der Waals surface area contributed by atoms with Gasteiger partial charge in [-0.15, -0.1) is 0 Å². The van der Waals surface area contributed by atoms with Crippen molar-refractivity contribution in [2.75, 3.05) is 16.8 Å². The highest BCUT2D eigenvalue weighted by Crippen LogP contribution is 2.36. The van der Waals surface area contributed by atoms with Gasteiger partial charge in [-0.3, -0.25) is 19.3 Å². The van der Waals surface area contributed by atoms with Gasteiger partial charge in [-0.2, -0.15) is 0 Å². The number of carbonyl (C=O) groups excluding carboxylic acids is 3. The lowest BCUT2D eigenvalue weighted by Crippen LogP contribution is -2.59. The summed E-state index contributed by atoms with van der Waals surface area (Å²) in [5.74, 6) is -1.17. The van der Waals surface area contributed by atoms with Gasteiger partial charge >= 0.3 is 5.97 Å². The van der Waals surface area contributed by atoms with Crippen LogP contribution in [0.1, 0.15) is 37.0 Å². The van der Waals surface area contributed by atoms with Crippen LogP contribution in [0.2, 0.25) is 0 Å². The lowest BCUT2D eigenvalue weighted by atomic mass is 9.96. The van der Waals surface area contributed by atoms with E-state index in [9.17, 15) is 14.4 Å². The zero-order chi connectivity index (χ0) is 20.6. The van der Waals surface area contributed by atoms with E-state index in [1.165, 1.54) is 16.0 Å². The molecular formula is C23H24N2O4. The smallest absolute Gasteiger partial charge is 0.310 e. The van der Waals surface area contributed by atoms with Gasteiger partial charge in [0.05, 0.1) is 17.8 Å². The van der Waals surface area contributed by atoms with E-state index in [0.29, 0.717) is 11.4 Å². The van der Waals surface area contributed by atoms with Gasteiger partial charge in [0.25, 0.3) is 5.91 Å². The fourth-order valence-corrected chi connectivity index (χ4v) is 4.06. The predicted molar refractivity (Wildman–Crippen MR) is 110 cm³/mol. The molecule has 0 aromatic heterocycles. The fraction of sp³-hybridized carbons (Fsp3) is 0.348. The molecule has 0 unspecified atom stereocenters. The van der Waals surface area contributed by atoms with Gasteiger partial charge in [-0.05, 0) is 61.9 Å². The van der Waals surface area contributed by atoms with E-state index in [1.54, 1.807) is 38.1 Å². The molecule has 0 atom stereocenters. The third-order valence-corrected chi connectivity index (χ3v) is 5.63. The van der Waals surface area contributed by atoms with E-state index in [1.807, 2.05) is 6.07 Å². The molecule has 0 spiro atoms. The predicted octanol–water partition coefficient (Wildman–Crippen LogP) is 3.02. The van der Waals surface area contributed by atoms with E-state index in [2.05, 4.69) is 17.4 Å². The second kappa shape index (κ2) is 7.35. The van der Waals surface area contributed by atoms with Gasteiger partial charge < -0.3 is 10.1 Å². The van der Waals surface area contributed by atoms with E-state index in [-0.39, 0.29) is 12.3 Å². The zero-order valence-corrected chi connectivity index (χ0v) is 16.7. The van der Waals surface area contributed by atoms with Crippen LogP contribution in [0.15, 0.2) is 42.5 Å². The first-order chi connectivity index (χ1) is 13.9. The number of hydrogen-bond acceptors (Lipinski definition) is 4. The highest BCUT2D eigenvalue weighted by atomic mass is 16.5. The van der Waals surface area contributed by atoms with Crippen LogP contribution in [0.4, 0.5) is 11.4 Å². The SMILES string of the molecule is CC1(C)C(=O)Nc2ccccc2N1C(=O)COC(=O)Cc1ccc2c(c1)CCC2. The van der Waals surface area contributed by atoms with Gasteiger partial charge in [0.2, 0.25) is 5.91 Å². The minimum atomic E-state index is -1.09. The van der Waals surface area contributed by atoms with E-state index >= 15 is 0 Å². The molecule has 1 aliphatic carbocycles. The molecule has 0 saturated heterocycles. The van der Waals surface area contributed by atoms with Crippen LogP contribution in [0, 0.1) is 0 Å². The molecule has 2 aliphatic rings. The first kappa shape index (κ1) is 19.2. The average Bonchev–Trinajstić information content (AvgIpc) is 3.15. The van der Waals surface area contributed by atoms with Crippen LogP contribution < -0.4 is 10.2 Å². The maximum absolute atomic E-state index is 12.9. The highest BCUT2D eigenvalue weighted by molar-refractivity contribution is 6.14. The van der Waals surface area contributed by atoms with E-state index < -0.39 is 24.0 Å². The first-order valence-corrected chi connectivity index (χ1v) is 9.86. The van der Waals surface area contributed by atoms with Gasteiger partial charge in [-0.1, -0.05) is 30.3 Å². The number of nitrogens with zero attached hydrogens (tertiary/aromatic N) is 1. The zero-order valence-electron chi connectivity index (χ0n) is 16.7. The van der Waals surface area contributed by atoms with Crippen LogP contribution >= 0.6 is 0 Å². The lowest BCUT2D eigenvalue weighted by Gasteiger charge is -2.41. The van der Waals surface area contributed by atoms with Crippen molar-refractivity contribution in [3.8, 4) is 0 Å². The second-order valence-electron chi connectivity index (χ2n) is 8.05. The van der Waals surface area contributed by atoms with Crippen LogP contribution in [0.5, 0.6) is 0 Å². The topological polar surface area (TPSA) is 75.7 Å². The molecule has 0 radical (unpaired) electrons. The molecule has 2 aromatic rings. The molecule has 1 heterocycles. The number of aryl methyl sites for hydroxylation is 2. The van der Waals surface area contributed by atoms with Crippen LogP contribution in [0.3, 0.4) is 0 Å². The molecule has 2 aromatic carbocycles. The number of para-hydroxylation sites is 2. The minimum absolute atomic E-state index is 0.126. The second-order valence-corrected chi connectivity index (χ2v) is 8.05. The maximum atomic E-state index is 12.9. The summed E-state index contributed by atoms with van der Waals surface area (Å²) in [6.07, 6.45) is 3.41. The summed E-state index contributed by atoms with van der Waals surface area (Å²) in [5.41, 5.74) is 3.61. The van der Waals surface area contributed by atoms with Crippen molar-refractivity contribution in [3.63, 3.8) is 0 Å². The summed E-state index contributed by atoms with van der Waals surface area (Å²) in [5, 5.41) is 2.81. The molecule has 2 amide bonds. The van der Waals surface area contributed by atoms with Gasteiger partial charge in [0.1, 0.15) is 5.54 Å². The molecule has 6 nitrogen and oxygen atoms in total. The number of fused-ring (bicyclic) bond motifs is 2. The van der Waals surface area contributed by atoms with Gasteiger partial charge in [-0.25, -0.2) is 0 Å². The summed E-state index contributed by atoms with van der Waals surface area (Å²) in [4.78, 5) is 39.1. The molecule has 0 fully saturated rings. The Hall–Kier alpha value is -3.15. The number of rotatable bonds is 4. The number of ether oxygens (including phenoxy) is 1. The molecular weight excluding hydrogens is 368 g/mol. The average molecular weight is 392 g/mol. The maximum Gasteiger partial charge on any atom is 0.310 e. The third kappa shape index (κ3) is 3.62. The van der Waals surface area contributed by atoms with Crippen molar-refractivity contribution in [1.29, 1.82) is 0 Å². The summed E-state index contributed by atoms with van der Waals surface area (Å²) in [6.45, 7) is 2.93.